The van der Waals surface area contributed by atoms with Gasteiger partial charge in [-0.3, -0.25) is 9.78 Å². The summed E-state index contributed by atoms with van der Waals surface area (Å²) in [7, 11) is 1.55. The Labute approximate surface area is 188 Å². The van der Waals surface area contributed by atoms with Crippen molar-refractivity contribution in [2.45, 2.75) is 38.2 Å². The molecule has 162 valence electrons. The zero-order chi connectivity index (χ0) is 22.0. The van der Waals surface area contributed by atoms with Crippen molar-refractivity contribution in [2.75, 3.05) is 12.4 Å². The average Bonchev–Trinajstić information content (AvgIpc) is 3.26. The van der Waals surface area contributed by atoms with E-state index in [1.165, 1.54) is 12.4 Å². The molecule has 7 nitrogen and oxygen atoms in total. The van der Waals surface area contributed by atoms with Gasteiger partial charge in [-0.2, -0.15) is 0 Å². The molecule has 1 fully saturated rings. The Morgan fingerprint density at radius 3 is 2.55 bits per heavy atom. The number of hydrogen-bond acceptors (Lipinski definition) is 6. The fraction of sp³-hybridized carbons (Fsp3) is 0.318. The van der Waals surface area contributed by atoms with E-state index >= 15 is 0 Å². The number of hydrogen-bond donors (Lipinski definition) is 2. The van der Waals surface area contributed by atoms with Gasteiger partial charge in [0.05, 0.1) is 40.2 Å². The zero-order valence-corrected chi connectivity index (χ0v) is 18.3. The van der Waals surface area contributed by atoms with Crippen LogP contribution in [-0.2, 0) is 11.2 Å². The summed E-state index contributed by atoms with van der Waals surface area (Å²) in [6, 6.07) is 3.57. The number of methoxy groups -OCH3 is 1. The number of nitrogens with one attached hydrogen (secondary N) is 2. The number of H-pyrrole nitrogens is 1. The number of pyridine rings is 2. The van der Waals surface area contributed by atoms with E-state index < -0.39 is 5.56 Å². The van der Waals surface area contributed by atoms with E-state index in [1.807, 2.05) is 0 Å². The summed E-state index contributed by atoms with van der Waals surface area (Å²) in [6.07, 6.45) is 7.63. The Morgan fingerprint density at radius 1 is 1.19 bits per heavy atom. The summed E-state index contributed by atoms with van der Waals surface area (Å²) in [5, 5.41) is 4.38. The molecule has 0 radical (unpaired) electrons. The molecule has 0 spiro atoms. The molecule has 9 heteroatoms. The standard InChI is InChI=1S/C22H21Cl2N3O4/c1-30-17-7-6-13-18(26-20-15(23)10-25-11-16(20)24)14(8-9-28)22(29)27-19(13)21(17)31-12-4-2-3-5-12/h6-7,9-12H,2-5,8H2,1H3,(H2,25,26,27,29). The summed E-state index contributed by atoms with van der Waals surface area (Å²) >= 11 is 12.6. The first-order valence-corrected chi connectivity index (χ1v) is 10.7. The summed E-state index contributed by atoms with van der Waals surface area (Å²) in [4.78, 5) is 31.1. The monoisotopic (exact) mass is 461 g/mol. The van der Waals surface area contributed by atoms with Crippen molar-refractivity contribution in [3.63, 3.8) is 0 Å². The SMILES string of the molecule is COc1ccc2c(Nc3c(Cl)cncc3Cl)c(CC=O)c(=O)[nH]c2c1OC1CCCC1. The highest BCUT2D eigenvalue weighted by Crippen LogP contribution is 2.41. The van der Waals surface area contributed by atoms with Crippen molar-refractivity contribution in [3.8, 4) is 11.5 Å². The number of anilines is 2. The number of nitrogens with zero attached hydrogens (tertiary/aromatic N) is 1. The average molecular weight is 462 g/mol. The van der Waals surface area contributed by atoms with E-state index in [0.29, 0.717) is 40.1 Å². The first-order chi connectivity index (χ1) is 15.0. The zero-order valence-electron chi connectivity index (χ0n) is 16.8. The molecule has 2 heterocycles. The van der Waals surface area contributed by atoms with Crippen LogP contribution in [0.25, 0.3) is 10.9 Å². The molecule has 0 amide bonds. The maximum Gasteiger partial charge on any atom is 0.254 e. The topological polar surface area (TPSA) is 93.3 Å². The van der Waals surface area contributed by atoms with Gasteiger partial charge in [-0.1, -0.05) is 23.2 Å². The third-order valence-corrected chi connectivity index (χ3v) is 5.98. The molecule has 31 heavy (non-hydrogen) atoms. The Kier molecular flexibility index (Phi) is 6.34. The molecule has 1 aliphatic rings. The summed E-state index contributed by atoms with van der Waals surface area (Å²) in [6.45, 7) is 0. The van der Waals surface area contributed by atoms with Gasteiger partial charge >= 0.3 is 0 Å². The number of fused-ring (bicyclic) bond motifs is 1. The predicted octanol–water partition coefficient (Wildman–Crippen LogP) is 5.04. The minimum atomic E-state index is -0.409. The number of carbonyl (C=O) groups is 1. The van der Waals surface area contributed by atoms with Crippen molar-refractivity contribution in [2.24, 2.45) is 0 Å². The van der Waals surface area contributed by atoms with Crippen LogP contribution in [-0.4, -0.2) is 29.5 Å². The second-order valence-corrected chi connectivity index (χ2v) is 8.14. The number of rotatable bonds is 7. The number of benzene rings is 1. The lowest BCUT2D eigenvalue weighted by Crippen LogP contribution is -2.18. The van der Waals surface area contributed by atoms with E-state index in [1.54, 1.807) is 19.2 Å². The third-order valence-electron chi connectivity index (χ3n) is 5.40. The Hall–Kier alpha value is -2.77. The molecule has 0 atom stereocenters. The van der Waals surface area contributed by atoms with Crippen LogP contribution >= 0.6 is 23.2 Å². The van der Waals surface area contributed by atoms with Gasteiger partial charge < -0.3 is 24.6 Å². The van der Waals surface area contributed by atoms with Crippen LogP contribution in [0.4, 0.5) is 11.4 Å². The first-order valence-electron chi connectivity index (χ1n) is 9.95. The molecule has 0 aliphatic heterocycles. The molecule has 0 bridgehead atoms. The summed E-state index contributed by atoms with van der Waals surface area (Å²) in [5.41, 5.74) is 1.16. The second kappa shape index (κ2) is 9.16. The van der Waals surface area contributed by atoms with Gasteiger partial charge in [0.2, 0.25) is 0 Å². The first kappa shape index (κ1) is 21.5. The van der Waals surface area contributed by atoms with Crippen LogP contribution in [0.15, 0.2) is 29.3 Å². The maximum absolute atomic E-state index is 13.0. The van der Waals surface area contributed by atoms with Crippen LogP contribution in [0.5, 0.6) is 11.5 Å². The van der Waals surface area contributed by atoms with Crippen molar-refractivity contribution in [1.82, 2.24) is 9.97 Å². The molecule has 2 N–H and O–H groups in total. The highest BCUT2D eigenvalue weighted by Gasteiger charge is 2.23. The van der Waals surface area contributed by atoms with E-state index in [2.05, 4.69) is 15.3 Å². The van der Waals surface area contributed by atoms with E-state index in [9.17, 15) is 9.59 Å². The second-order valence-electron chi connectivity index (χ2n) is 7.33. The van der Waals surface area contributed by atoms with Crippen molar-refractivity contribution in [1.29, 1.82) is 0 Å². The molecule has 1 aromatic carbocycles. The molecule has 0 saturated heterocycles. The minimum absolute atomic E-state index is 0.0538. The van der Waals surface area contributed by atoms with Gasteiger partial charge in [0, 0.05) is 29.8 Å². The van der Waals surface area contributed by atoms with Crippen LogP contribution in [0.2, 0.25) is 10.0 Å². The fourth-order valence-corrected chi connectivity index (χ4v) is 4.35. The Bertz CT molecular complexity index is 1170. The van der Waals surface area contributed by atoms with Crippen LogP contribution < -0.4 is 20.3 Å². The van der Waals surface area contributed by atoms with Crippen molar-refractivity contribution in [3.05, 3.63) is 50.5 Å². The highest BCUT2D eigenvalue weighted by atomic mass is 35.5. The highest BCUT2D eigenvalue weighted by molar-refractivity contribution is 6.39. The minimum Gasteiger partial charge on any atom is -0.493 e. The third kappa shape index (κ3) is 4.20. The fourth-order valence-electron chi connectivity index (χ4n) is 3.89. The maximum atomic E-state index is 13.0. The molecule has 1 saturated carbocycles. The Morgan fingerprint density at radius 2 is 1.90 bits per heavy atom. The molecule has 2 aromatic heterocycles. The molecule has 4 rings (SSSR count). The normalized spacial score (nSPS) is 14.0. The van der Waals surface area contributed by atoms with Crippen LogP contribution in [0.1, 0.15) is 31.2 Å². The van der Waals surface area contributed by atoms with Crippen molar-refractivity contribution >= 4 is 51.8 Å². The van der Waals surface area contributed by atoms with E-state index in [0.717, 1.165) is 25.7 Å². The lowest BCUT2D eigenvalue weighted by atomic mass is 10.1. The Balaban J connectivity index is 1.95. The van der Waals surface area contributed by atoms with E-state index in [4.69, 9.17) is 32.7 Å². The van der Waals surface area contributed by atoms with E-state index in [-0.39, 0.29) is 28.1 Å². The van der Waals surface area contributed by atoms with Gasteiger partial charge in [-0.25, -0.2) is 0 Å². The number of aldehydes is 1. The number of ether oxygens (including phenoxy) is 2. The smallest absolute Gasteiger partial charge is 0.254 e. The molecule has 3 aromatic rings. The molecular formula is C22H21Cl2N3O4. The molecular weight excluding hydrogens is 441 g/mol. The number of aromatic amines is 1. The van der Waals surface area contributed by atoms with Crippen LogP contribution in [0.3, 0.4) is 0 Å². The molecule has 1 aliphatic carbocycles. The van der Waals surface area contributed by atoms with Gasteiger partial charge in [0.15, 0.2) is 11.5 Å². The van der Waals surface area contributed by atoms with Crippen LogP contribution in [0, 0.1) is 0 Å². The van der Waals surface area contributed by atoms with Gasteiger partial charge in [-0.05, 0) is 37.8 Å². The van der Waals surface area contributed by atoms with Gasteiger partial charge in [0.25, 0.3) is 5.56 Å². The lowest BCUT2D eigenvalue weighted by molar-refractivity contribution is -0.107. The molecule has 0 unspecified atom stereocenters. The predicted molar refractivity (Wildman–Crippen MR) is 121 cm³/mol. The van der Waals surface area contributed by atoms with Gasteiger partial charge in [-0.15, -0.1) is 0 Å². The lowest BCUT2D eigenvalue weighted by Gasteiger charge is -2.20. The summed E-state index contributed by atoms with van der Waals surface area (Å²) in [5.74, 6) is 0.987. The quantitative estimate of drug-likeness (QED) is 0.478. The van der Waals surface area contributed by atoms with Gasteiger partial charge in [0.1, 0.15) is 6.29 Å². The largest absolute Gasteiger partial charge is 0.493 e. The number of carbonyl (C=O) groups excluding carboxylic acids is 1. The van der Waals surface area contributed by atoms with Crippen molar-refractivity contribution < 1.29 is 14.3 Å². The number of aromatic nitrogens is 2. The number of halogens is 2. The summed E-state index contributed by atoms with van der Waals surface area (Å²) < 4.78 is 11.8.